The molecule has 1 saturated heterocycles. The lowest BCUT2D eigenvalue weighted by Crippen LogP contribution is -2.57. The normalized spacial score (nSPS) is 32.5. The molecule has 0 bridgehead atoms. The van der Waals surface area contributed by atoms with E-state index in [0.717, 1.165) is 12.8 Å². The summed E-state index contributed by atoms with van der Waals surface area (Å²) in [5, 5.41) is 0. The van der Waals surface area contributed by atoms with Gasteiger partial charge in [0.15, 0.2) is 0 Å². The van der Waals surface area contributed by atoms with Crippen molar-refractivity contribution in [2.24, 2.45) is 5.73 Å². The van der Waals surface area contributed by atoms with Crippen LogP contribution in [0, 0.1) is 0 Å². The van der Waals surface area contributed by atoms with Crippen molar-refractivity contribution in [3.05, 3.63) is 0 Å². The van der Waals surface area contributed by atoms with Crippen molar-refractivity contribution < 1.29 is 9.53 Å². The maximum atomic E-state index is 12.1. The summed E-state index contributed by atoms with van der Waals surface area (Å²) in [6.45, 7) is 7.34. The van der Waals surface area contributed by atoms with Gasteiger partial charge in [-0.25, -0.2) is 0 Å². The van der Waals surface area contributed by atoms with Crippen LogP contribution in [0.3, 0.4) is 0 Å². The molecule has 1 heterocycles. The van der Waals surface area contributed by atoms with Crippen LogP contribution >= 0.6 is 0 Å². The molecular weight excluding hydrogens is 192 g/mol. The van der Waals surface area contributed by atoms with Gasteiger partial charge in [0, 0.05) is 13.1 Å². The zero-order chi connectivity index (χ0) is 11.3. The third-order valence-corrected chi connectivity index (χ3v) is 3.07. The van der Waals surface area contributed by atoms with Crippen LogP contribution in [0.15, 0.2) is 0 Å². The second-order valence-electron chi connectivity index (χ2n) is 5.53. The third kappa shape index (κ3) is 2.16. The molecule has 2 aliphatic rings. The van der Waals surface area contributed by atoms with Crippen LogP contribution in [0.5, 0.6) is 0 Å². The number of hydrogen-bond donors (Lipinski definition) is 1. The fraction of sp³-hybridized carbons (Fsp3) is 0.909. The number of ether oxygens (including phenoxy) is 1. The van der Waals surface area contributed by atoms with Gasteiger partial charge in [0.2, 0.25) is 5.91 Å². The molecule has 1 aliphatic carbocycles. The summed E-state index contributed by atoms with van der Waals surface area (Å²) >= 11 is 0. The van der Waals surface area contributed by atoms with Gasteiger partial charge in [-0.15, -0.1) is 0 Å². The molecule has 0 aromatic heterocycles. The molecule has 1 amide bonds. The molecule has 1 aliphatic heterocycles. The molecule has 4 nitrogen and oxygen atoms in total. The molecule has 0 aromatic carbocycles. The van der Waals surface area contributed by atoms with E-state index in [4.69, 9.17) is 10.5 Å². The predicted octanol–water partition coefficient (Wildman–Crippen LogP) is 0.504. The molecule has 0 aromatic rings. The third-order valence-electron chi connectivity index (χ3n) is 3.07. The summed E-state index contributed by atoms with van der Waals surface area (Å²) in [5.41, 5.74) is 5.12. The van der Waals surface area contributed by atoms with E-state index in [1.165, 1.54) is 0 Å². The number of hydrogen-bond acceptors (Lipinski definition) is 3. The molecule has 15 heavy (non-hydrogen) atoms. The summed E-state index contributed by atoms with van der Waals surface area (Å²) in [7, 11) is 0. The summed E-state index contributed by atoms with van der Waals surface area (Å²) in [6, 6.07) is 0. The fourth-order valence-electron chi connectivity index (χ4n) is 2.27. The Morgan fingerprint density at radius 3 is 2.53 bits per heavy atom. The monoisotopic (exact) mass is 212 g/mol. The van der Waals surface area contributed by atoms with Gasteiger partial charge in [0.1, 0.15) is 0 Å². The van der Waals surface area contributed by atoms with E-state index in [-0.39, 0.29) is 17.6 Å². The van der Waals surface area contributed by atoms with Crippen LogP contribution in [0.25, 0.3) is 0 Å². The predicted molar refractivity (Wildman–Crippen MR) is 57.4 cm³/mol. The Kier molecular flexibility index (Phi) is 2.32. The van der Waals surface area contributed by atoms with Crippen LogP contribution in [-0.2, 0) is 9.53 Å². The van der Waals surface area contributed by atoms with Crippen molar-refractivity contribution in [3.63, 3.8) is 0 Å². The number of carbonyl (C=O) groups is 1. The van der Waals surface area contributed by atoms with Crippen LogP contribution in [0.1, 0.15) is 33.6 Å². The second-order valence-corrected chi connectivity index (χ2v) is 5.53. The number of amides is 1. The SMILES string of the molecule is CC1CN(C(=O)C2(N)CC2)CC(C)(C)O1. The first-order chi connectivity index (χ1) is 6.82. The van der Waals surface area contributed by atoms with Gasteiger partial charge >= 0.3 is 0 Å². The largest absolute Gasteiger partial charge is 0.369 e. The molecule has 2 fully saturated rings. The van der Waals surface area contributed by atoms with E-state index in [1.807, 2.05) is 25.7 Å². The lowest BCUT2D eigenvalue weighted by Gasteiger charge is -2.42. The molecule has 0 spiro atoms. The van der Waals surface area contributed by atoms with Gasteiger partial charge in [-0.2, -0.15) is 0 Å². The number of nitrogens with zero attached hydrogens (tertiary/aromatic N) is 1. The van der Waals surface area contributed by atoms with Crippen molar-refractivity contribution in [2.75, 3.05) is 13.1 Å². The molecule has 0 radical (unpaired) electrons. The standard InChI is InChI=1S/C11H20N2O2/c1-8-6-13(7-10(2,3)15-8)9(14)11(12)4-5-11/h8H,4-7,12H2,1-3H3. The maximum absolute atomic E-state index is 12.1. The minimum absolute atomic E-state index is 0.0973. The molecule has 1 atom stereocenters. The van der Waals surface area contributed by atoms with E-state index < -0.39 is 5.54 Å². The van der Waals surface area contributed by atoms with E-state index in [9.17, 15) is 4.79 Å². The first kappa shape index (κ1) is 10.9. The quantitative estimate of drug-likeness (QED) is 0.688. The molecule has 2 rings (SSSR count). The van der Waals surface area contributed by atoms with Gasteiger partial charge in [0.25, 0.3) is 0 Å². The molecule has 2 N–H and O–H groups in total. The second kappa shape index (κ2) is 3.19. The number of carbonyl (C=O) groups excluding carboxylic acids is 1. The molecule has 86 valence electrons. The topological polar surface area (TPSA) is 55.6 Å². The maximum Gasteiger partial charge on any atom is 0.242 e. The molecule has 1 unspecified atom stereocenters. The first-order valence-corrected chi connectivity index (χ1v) is 5.58. The zero-order valence-electron chi connectivity index (χ0n) is 9.75. The van der Waals surface area contributed by atoms with Crippen molar-refractivity contribution >= 4 is 5.91 Å². The Bertz CT molecular complexity index is 284. The number of rotatable bonds is 1. The van der Waals surface area contributed by atoms with Crippen molar-refractivity contribution in [2.45, 2.75) is 50.9 Å². The molecule has 4 heteroatoms. The average Bonchev–Trinajstić information content (AvgIpc) is 2.80. The van der Waals surface area contributed by atoms with Crippen LogP contribution in [-0.4, -0.2) is 41.1 Å². The Labute approximate surface area is 90.8 Å². The Morgan fingerprint density at radius 1 is 1.47 bits per heavy atom. The van der Waals surface area contributed by atoms with Crippen LogP contribution < -0.4 is 5.73 Å². The van der Waals surface area contributed by atoms with E-state index in [1.54, 1.807) is 0 Å². The number of nitrogens with two attached hydrogens (primary N) is 1. The minimum atomic E-state index is -0.548. The minimum Gasteiger partial charge on any atom is -0.369 e. The van der Waals surface area contributed by atoms with E-state index >= 15 is 0 Å². The Hall–Kier alpha value is -0.610. The fourth-order valence-corrected chi connectivity index (χ4v) is 2.27. The smallest absolute Gasteiger partial charge is 0.242 e. The Morgan fingerprint density at radius 2 is 2.07 bits per heavy atom. The van der Waals surface area contributed by atoms with Crippen molar-refractivity contribution in [3.8, 4) is 0 Å². The van der Waals surface area contributed by atoms with Gasteiger partial charge in [-0.3, -0.25) is 4.79 Å². The summed E-state index contributed by atoms with van der Waals surface area (Å²) in [6.07, 6.45) is 1.76. The lowest BCUT2D eigenvalue weighted by atomic mass is 10.0. The first-order valence-electron chi connectivity index (χ1n) is 5.58. The van der Waals surface area contributed by atoms with E-state index in [2.05, 4.69) is 0 Å². The highest BCUT2D eigenvalue weighted by Gasteiger charge is 2.50. The molecular formula is C11H20N2O2. The summed E-state index contributed by atoms with van der Waals surface area (Å²) in [4.78, 5) is 13.9. The zero-order valence-corrected chi connectivity index (χ0v) is 9.75. The highest BCUT2D eigenvalue weighted by molar-refractivity contribution is 5.89. The van der Waals surface area contributed by atoms with Crippen molar-refractivity contribution in [1.82, 2.24) is 4.90 Å². The Balaban J connectivity index is 2.06. The van der Waals surface area contributed by atoms with Crippen LogP contribution in [0.4, 0.5) is 0 Å². The van der Waals surface area contributed by atoms with E-state index in [0.29, 0.717) is 13.1 Å². The van der Waals surface area contributed by atoms with Gasteiger partial charge in [-0.05, 0) is 33.6 Å². The highest BCUT2D eigenvalue weighted by Crippen LogP contribution is 2.35. The van der Waals surface area contributed by atoms with Crippen LogP contribution in [0.2, 0.25) is 0 Å². The van der Waals surface area contributed by atoms with Crippen molar-refractivity contribution in [1.29, 1.82) is 0 Å². The average molecular weight is 212 g/mol. The number of morpholine rings is 1. The van der Waals surface area contributed by atoms with Gasteiger partial charge in [-0.1, -0.05) is 0 Å². The summed E-state index contributed by atoms with van der Waals surface area (Å²) in [5.74, 6) is 0.103. The summed E-state index contributed by atoms with van der Waals surface area (Å²) < 4.78 is 5.75. The lowest BCUT2D eigenvalue weighted by molar-refractivity contribution is -0.160. The molecule has 1 saturated carbocycles. The van der Waals surface area contributed by atoms with Gasteiger partial charge in [0.05, 0.1) is 17.2 Å². The van der Waals surface area contributed by atoms with Gasteiger partial charge < -0.3 is 15.4 Å². The highest BCUT2D eigenvalue weighted by atomic mass is 16.5.